The Morgan fingerprint density at radius 2 is 2.14 bits per heavy atom. The smallest absolute Gasteiger partial charge is 0.414 e. The van der Waals surface area contributed by atoms with Crippen molar-refractivity contribution in [1.82, 2.24) is 14.5 Å². The molecule has 1 unspecified atom stereocenters. The second-order valence-corrected chi connectivity index (χ2v) is 5.60. The van der Waals surface area contributed by atoms with E-state index in [1.54, 1.807) is 11.1 Å². The Balaban J connectivity index is 1.58. The summed E-state index contributed by atoms with van der Waals surface area (Å²) in [4.78, 5) is 20.1. The molecule has 1 atom stereocenters. The van der Waals surface area contributed by atoms with Crippen molar-refractivity contribution in [3.05, 3.63) is 48.5 Å². The van der Waals surface area contributed by atoms with Crippen molar-refractivity contribution in [3.63, 3.8) is 0 Å². The molecule has 0 bridgehead atoms. The number of carbonyl (C=O) groups excluding carboxylic acids is 1. The lowest BCUT2D eigenvalue weighted by Crippen LogP contribution is -2.32. The highest BCUT2D eigenvalue weighted by Crippen LogP contribution is 2.21. The molecule has 22 heavy (non-hydrogen) atoms. The van der Waals surface area contributed by atoms with E-state index in [9.17, 15) is 4.79 Å². The van der Waals surface area contributed by atoms with E-state index in [0.717, 1.165) is 18.1 Å². The lowest BCUT2D eigenvalue weighted by atomic mass is 10.2. The Kier molecular flexibility index (Phi) is 4.11. The quantitative estimate of drug-likeness (QED) is 0.846. The summed E-state index contributed by atoms with van der Waals surface area (Å²) < 4.78 is 7.46. The highest BCUT2D eigenvalue weighted by Gasteiger charge is 2.32. The number of carbonyl (C=O) groups is 1. The molecular formula is C16H20N4O2. The summed E-state index contributed by atoms with van der Waals surface area (Å²) in [5.41, 5.74) is 0.877. The Morgan fingerprint density at radius 3 is 2.82 bits per heavy atom. The molecule has 1 aromatic heterocycles. The fourth-order valence-corrected chi connectivity index (χ4v) is 2.64. The number of aryl methyl sites for hydroxylation is 1. The van der Waals surface area contributed by atoms with Gasteiger partial charge in [0.25, 0.3) is 0 Å². The number of amides is 1. The second kappa shape index (κ2) is 6.19. The first kappa shape index (κ1) is 14.6. The van der Waals surface area contributed by atoms with Crippen molar-refractivity contribution < 1.29 is 9.53 Å². The maximum Gasteiger partial charge on any atom is 0.414 e. The van der Waals surface area contributed by atoms with Crippen LogP contribution in [-0.2, 0) is 18.3 Å². The van der Waals surface area contributed by atoms with Gasteiger partial charge in [-0.3, -0.25) is 9.80 Å². The predicted molar refractivity (Wildman–Crippen MR) is 83.6 cm³/mol. The number of imidazole rings is 1. The topological polar surface area (TPSA) is 50.6 Å². The van der Waals surface area contributed by atoms with Crippen LogP contribution in [0.4, 0.5) is 10.5 Å². The lowest BCUT2D eigenvalue weighted by molar-refractivity contribution is 0.114. The van der Waals surface area contributed by atoms with Crippen LogP contribution in [0.2, 0.25) is 0 Å². The highest BCUT2D eigenvalue weighted by molar-refractivity contribution is 5.89. The number of benzene rings is 1. The molecule has 1 fully saturated rings. The SMILES string of the molecule is CN(Cc1nccn1C)CC1CN(c2ccccc2)C(=O)O1. The van der Waals surface area contributed by atoms with Crippen molar-refractivity contribution in [1.29, 1.82) is 0 Å². The normalized spacial score (nSPS) is 18.0. The zero-order chi connectivity index (χ0) is 15.5. The number of ether oxygens (including phenoxy) is 1. The van der Waals surface area contributed by atoms with E-state index in [0.29, 0.717) is 13.1 Å². The Labute approximate surface area is 129 Å². The number of likely N-dealkylation sites (N-methyl/N-ethyl adjacent to an activating group) is 1. The number of anilines is 1. The van der Waals surface area contributed by atoms with Gasteiger partial charge < -0.3 is 9.30 Å². The molecule has 6 heteroatoms. The number of hydrogen-bond acceptors (Lipinski definition) is 4. The molecule has 1 aliphatic heterocycles. The summed E-state index contributed by atoms with van der Waals surface area (Å²) in [6.45, 7) is 1.98. The minimum atomic E-state index is -0.276. The molecule has 6 nitrogen and oxygen atoms in total. The van der Waals surface area contributed by atoms with Crippen molar-refractivity contribution >= 4 is 11.8 Å². The molecule has 0 spiro atoms. The van der Waals surface area contributed by atoms with Gasteiger partial charge in [-0.2, -0.15) is 0 Å². The average molecular weight is 300 g/mol. The van der Waals surface area contributed by atoms with Crippen LogP contribution in [-0.4, -0.2) is 46.8 Å². The van der Waals surface area contributed by atoms with Crippen molar-refractivity contribution in [2.75, 3.05) is 25.0 Å². The van der Waals surface area contributed by atoms with Crippen LogP contribution in [0, 0.1) is 0 Å². The van der Waals surface area contributed by atoms with Crippen LogP contribution in [0.15, 0.2) is 42.7 Å². The monoisotopic (exact) mass is 300 g/mol. The third kappa shape index (κ3) is 3.12. The second-order valence-electron chi connectivity index (χ2n) is 5.60. The molecule has 3 rings (SSSR count). The molecule has 0 aliphatic carbocycles. The molecular weight excluding hydrogens is 280 g/mol. The van der Waals surface area contributed by atoms with Gasteiger partial charge in [0.2, 0.25) is 0 Å². The molecule has 2 heterocycles. The maximum absolute atomic E-state index is 12.0. The summed E-state index contributed by atoms with van der Waals surface area (Å²) >= 11 is 0. The third-order valence-corrected chi connectivity index (χ3v) is 3.79. The van der Waals surface area contributed by atoms with Crippen LogP contribution >= 0.6 is 0 Å². The van der Waals surface area contributed by atoms with Crippen molar-refractivity contribution in [2.24, 2.45) is 7.05 Å². The first-order valence-electron chi connectivity index (χ1n) is 7.31. The van der Waals surface area contributed by atoms with Crippen molar-refractivity contribution in [3.8, 4) is 0 Å². The number of nitrogens with zero attached hydrogens (tertiary/aromatic N) is 4. The molecule has 1 aromatic carbocycles. The third-order valence-electron chi connectivity index (χ3n) is 3.79. The Hall–Kier alpha value is -2.34. The maximum atomic E-state index is 12.0. The number of rotatable bonds is 5. The predicted octanol–water partition coefficient (Wildman–Crippen LogP) is 1.88. The van der Waals surface area contributed by atoms with Crippen LogP contribution in [0.5, 0.6) is 0 Å². The molecule has 0 radical (unpaired) electrons. The van der Waals surface area contributed by atoms with E-state index in [1.165, 1.54) is 0 Å². The van der Waals surface area contributed by atoms with E-state index in [2.05, 4.69) is 9.88 Å². The largest absolute Gasteiger partial charge is 0.443 e. The lowest BCUT2D eigenvalue weighted by Gasteiger charge is -2.19. The van der Waals surface area contributed by atoms with E-state index < -0.39 is 0 Å². The fraction of sp³-hybridized carbons (Fsp3) is 0.375. The molecule has 1 amide bonds. The Morgan fingerprint density at radius 1 is 1.36 bits per heavy atom. The van der Waals surface area contributed by atoms with E-state index in [-0.39, 0.29) is 12.2 Å². The average Bonchev–Trinajstić information content (AvgIpc) is 3.06. The molecule has 0 saturated carbocycles. The van der Waals surface area contributed by atoms with E-state index in [4.69, 9.17) is 4.74 Å². The van der Waals surface area contributed by atoms with Gasteiger partial charge in [-0.25, -0.2) is 9.78 Å². The van der Waals surface area contributed by atoms with E-state index >= 15 is 0 Å². The zero-order valence-electron chi connectivity index (χ0n) is 12.8. The number of para-hydroxylation sites is 1. The van der Waals surface area contributed by atoms with Gasteiger partial charge in [0.05, 0.1) is 13.1 Å². The number of aromatic nitrogens is 2. The van der Waals surface area contributed by atoms with Crippen LogP contribution in [0.3, 0.4) is 0 Å². The summed E-state index contributed by atoms with van der Waals surface area (Å²) in [5, 5.41) is 0. The summed E-state index contributed by atoms with van der Waals surface area (Å²) in [7, 11) is 3.98. The van der Waals surface area contributed by atoms with Gasteiger partial charge in [0, 0.05) is 31.7 Å². The highest BCUT2D eigenvalue weighted by atomic mass is 16.6. The molecule has 2 aromatic rings. The van der Waals surface area contributed by atoms with Crippen LogP contribution < -0.4 is 4.90 Å². The van der Waals surface area contributed by atoms with Crippen LogP contribution in [0.1, 0.15) is 5.82 Å². The van der Waals surface area contributed by atoms with Gasteiger partial charge >= 0.3 is 6.09 Å². The number of hydrogen-bond donors (Lipinski definition) is 0. The molecule has 0 N–H and O–H groups in total. The minimum Gasteiger partial charge on any atom is -0.443 e. The standard InChI is InChI=1S/C16H20N4O2/c1-18(12-15-17-8-9-19(15)2)10-14-11-20(16(21)22-14)13-6-4-3-5-7-13/h3-9,14H,10-12H2,1-2H3. The van der Waals surface area contributed by atoms with E-state index in [1.807, 2.05) is 55.2 Å². The van der Waals surface area contributed by atoms with Gasteiger partial charge in [0.1, 0.15) is 11.9 Å². The van der Waals surface area contributed by atoms with Gasteiger partial charge in [0.15, 0.2) is 0 Å². The fourth-order valence-electron chi connectivity index (χ4n) is 2.64. The van der Waals surface area contributed by atoms with Crippen molar-refractivity contribution in [2.45, 2.75) is 12.6 Å². The van der Waals surface area contributed by atoms with Gasteiger partial charge in [-0.05, 0) is 19.2 Å². The van der Waals surface area contributed by atoms with Crippen LogP contribution in [0.25, 0.3) is 0 Å². The van der Waals surface area contributed by atoms with Gasteiger partial charge in [-0.1, -0.05) is 18.2 Å². The zero-order valence-corrected chi connectivity index (χ0v) is 12.8. The molecule has 116 valence electrons. The van der Waals surface area contributed by atoms with Gasteiger partial charge in [-0.15, -0.1) is 0 Å². The molecule has 1 aliphatic rings. The summed E-state index contributed by atoms with van der Waals surface area (Å²) in [6.07, 6.45) is 3.31. The minimum absolute atomic E-state index is 0.127. The summed E-state index contributed by atoms with van der Waals surface area (Å²) in [6, 6.07) is 9.61. The first-order chi connectivity index (χ1) is 10.6. The Bertz CT molecular complexity index is 641. The number of cyclic esters (lactones) is 1. The molecule has 1 saturated heterocycles. The first-order valence-corrected chi connectivity index (χ1v) is 7.31. The summed E-state index contributed by atoms with van der Waals surface area (Å²) in [5.74, 6) is 0.992.